The first kappa shape index (κ1) is 25.4. The Morgan fingerprint density at radius 3 is 2.35 bits per heavy atom. The molecular weight excluding hydrogens is 432 g/mol. The molecule has 7 nitrogen and oxygen atoms in total. The number of carboxylic acid groups (broad SMARTS) is 1. The number of amides is 1. The predicted octanol–water partition coefficient (Wildman–Crippen LogP) is 5.85. The summed E-state index contributed by atoms with van der Waals surface area (Å²) >= 11 is 0. The topological polar surface area (TPSA) is 96.9 Å². The third-order valence-electron chi connectivity index (χ3n) is 6.05. The molecule has 34 heavy (non-hydrogen) atoms. The lowest BCUT2D eigenvalue weighted by atomic mass is 9.82. The van der Waals surface area contributed by atoms with Gasteiger partial charge in [-0.05, 0) is 83.1 Å². The van der Waals surface area contributed by atoms with Crippen molar-refractivity contribution in [3.8, 4) is 5.75 Å². The number of benzene rings is 2. The molecule has 0 heterocycles. The summed E-state index contributed by atoms with van der Waals surface area (Å²) in [6, 6.07) is 15.0. The highest BCUT2D eigenvalue weighted by Crippen LogP contribution is 2.32. The van der Waals surface area contributed by atoms with Gasteiger partial charge in [0.05, 0.1) is 11.3 Å². The summed E-state index contributed by atoms with van der Waals surface area (Å²) in [4.78, 5) is 23.6. The lowest BCUT2D eigenvalue weighted by Crippen LogP contribution is -2.42. The summed E-state index contributed by atoms with van der Waals surface area (Å²) in [5, 5.41) is 15.9. The highest BCUT2D eigenvalue weighted by atomic mass is 16.6. The molecular formula is C27H36N2O5. The average molecular weight is 469 g/mol. The van der Waals surface area contributed by atoms with Gasteiger partial charge in [0.1, 0.15) is 18.0 Å². The number of aromatic carboxylic acids is 1. The van der Waals surface area contributed by atoms with Gasteiger partial charge in [0, 0.05) is 12.1 Å². The standard InChI is InChI=1S/C27H36N2O5/c1-18(20-10-13-22(14-11-20)29-26(32)34-27(2,3)4)28-23-16-21(25(30)31)12-15-24(23)33-17-19-8-6-5-7-9-19/h5-9,12,15-16,18,20,22,28H,10-11,13-14,17H2,1-4H3,(H,29,32)(H,30,31)/t18-,20?,22?/m0/s1. The summed E-state index contributed by atoms with van der Waals surface area (Å²) < 4.78 is 11.4. The van der Waals surface area contributed by atoms with Crippen LogP contribution in [0.15, 0.2) is 48.5 Å². The first-order chi connectivity index (χ1) is 16.1. The Balaban J connectivity index is 1.60. The van der Waals surface area contributed by atoms with Gasteiger partial charge in [-0.2, -0.15) is 0 Å². The summed E-state index contributed by atoms with van der Waals surface area (Å²) in [7, 11) is 0. The van der Waals surface area contributed by atoms with Crippen LogP contribution in [0.4, 0.5) is 10.5 Å². The molecule has 1 atom stereocenters. The molecule has 0 spiro atoms. The third-order valence-corrected chi connectivity index (χ3v) is 6.05. The third kappa shape index (κ3) is 7.68. The van der Waals surface area contributed by atoms with Crippen molar-refractivity contribution in [1.82, 2.24) is 5.32 Å². The smallest absolute Gasteiger partial charge is 0.407 e. The van der Waals surface area contributed by atoms with Crippen LogP contribution in [-0.2, 0) is 11.3 Å². The minimum atomic E-state index is -0.973. The van der Waals surface area contributed by atoms with E-state index in [9.17, 15) is 14.7 Å². The second-order valence-corrected chi connectivity index (χ2v) is 9.98. The highest BCUT2D eigenvalue weighted by molar-refractivity contribution is 5.89. The molecule has 7 heteroatoms. The molecule has 0 radical (unpaired) electrons. The summed E-state index contributed by atoms with van der Waals surface area (Å²) in [6.07, 6.45) is 3.29. The van der Waals surface area contributed by atoms with Crippen LogP contribution in [0, 0.1) is 5.92 Å². The number of nitrogens with one attached hydrogen (secondary N) is 2. The zero-order valence-corrected chi connectivity index (χ0v) is 20.5. The molecule has 184 valence electrons. The molecule has 1 saturated carbocycles. The van der Waals surface area contributed by atoms with E-state index in [0.29, 0.717) is 24.0 Å². The fourth-order valence-corrected chi connectivity index (χ4v) is 4.24. The molecule has 1 amide bonds. The molecule has 3 rings (SSSR count). The van der Waals surface area contributed by atoms with Gasteiger partial charge < -0.3 is 25.2 Å². The van der Waals surface area contributed by atoms with Gasteiger partial charge >= 0.3 is 12.1 Å². The van der Waals surface area contributed by atoms with Crippen molar-refractivity contribution in [1.29, 1.82) is 0 Å². The fourth-order valence-electron chi connectivity index (χ4n) is 4.24. The maximum Gasteiger partial charge on any atom is 0.407 e. The normalized spacial score (nSPS) is 19.1. The van der Waals surface area contributed by atoms with Gasteiger partial charge in [-0.15, -0.1) is 0 Å². The van der Waals surface area contributed by atoms with Crippen LogP contribution in [0.2, 0.25) is 0 Å². The molecule has 1 aliphatic carbocycles. The number of carbonyl (C=O) groups excluding carboxylic acids is 1. The van der Waals surface area contributed by atoms with Crippen molar-refractivity contribution in [3.05, 3.63) is 59.7 Å². The van der Waals surface area contributed by atoms with Gasteiger partial charge in [-0.1, -0.05) is 30.3 Å². The molecule has 2 aromatic carbocycles. The van der Waals surface area contributed by atoms with Crippen LogP contribution >= 0.6 is 0 Å². The Bertz CT molecular complexity index is 963. The Labute approximate surface area is 201 Å². The molecule has 2 aromatic rings. The second-order valence-electron chi connectivity index (χ2n) is 9.98. The van der Waals surface area contributed by atoms with Crippen molar-refractivity contribution in [3.63, 3.8) is 0 Å². The number of hydrogen-bond donors (Lipinski definition) is 3. The van der Waals surface area contributed by atoms with Crippen molar-refractivity contribution in [2.24, 2.45) is 5.92 Å². The van der Waals surface area contributed by atoms with Crippen LogP contribution in [0.1, 0.15) is 69.3 Å². The molecule has 0 saturated heterocycles. The Kier molecular flexibility index (Phi) is 8.42. The highest BCUT2D eigenvalue weighted by Gasteiger charge is 2.28. The minimum Gasteiger partial charge on any atom is -0.487 e. The molecule has 1 fully saturated rings. The number of hydrogen-bond acceptors (Lipinski definition) is 5. The van der Waals surface area contributed by atoms with Crippen LogP contribution in [0.3, 0.4) is 0 Å². The Morgan fingerprint density at radius 1 is 1.06 bits per heavy atom. The summed E-state index contributed by atoms with van der Waals surface area (Å²) in [5.74, 6) is 0.0483. The number of ether oxygens (including phenoxy) is 2. The minimum absolute atomic E-state index is 0.110. The predicted molar refractivity (Wildman–Crippen MR) is 132 cm³/mol. The summed E-state index contributed by atoms with van der Waals surface area (Å²) in [6.45, 7) is 8.08. The van der Waals surface area contributed by atoms with Gasteiger partial charge in [0.15, 0.2) is 0 Å². The van der Waals surface area contributed by atoms with Crippen molar-refractivity contribution in [2.75, 3.05) is 5.32 Å². The molecule has 0 bridgehead atoms. The molecule has 0 aromatic heterocycles. The Hall–Kier alpha value is -3.22. The number of rotatable bonds is 8. The van der Waals surface area contributed by atoms with E-state index in [-0.39, 0.29) is 23.7 Å². The van der Waals surface area contributed by atoms with Crippen molar-refractivity contribution in [2.45, 2.75) is 77.7 Å². The first-order valence-corrected chi connectivity index (χ1v) is 11.9. The zero-order chi connectivity index (χ0) is 24.7. The van der Waals surface area contributed by atoms with Gasteiger partial charge in [0.2, 0.25) is 0 Å². The van der Waals surface area contributed by atoms with Crippen LogP contribution in [-0.4, -0.2) is 34.9 Å². The quantitative estimate of drug-likeness (QED) is 0.450. The summed E-state index contributed by atoms with van der Waals surface area (Å²) in [5.41, 5.74) is 1.42. The second kappa shape index (κ2) is 11.3. The van der Waals surface area contributed by atoms with E-state index in [2.05, 4.69) is 17.6 Å². The fraction of sp³-hybridized carbons (Fsp3) is 0.481. The van der Waals surface area contributed by atoms with Crippen molar-refractivity contribution < 1.29 is 24.2 Å². The van der Waals surface area contributed by atoms with Crippen LogP contribution in [0.25, 0.3) is 0 Å². The van der Waals surface area contributed by atoms with Gasteiger partial charge in [0.25, 0.3) is 0 Å². The monoisotopic (exact) mass is 468 g/mol. The number of carboxylic acids is 1. The zero-order valence-electron chi connectivity index (χ0n) is 20.5. The van der Waals surface area contributed by atoms with E-state index < -0.39 is 11.6 Å². The van der Waals surface area contributed by atoms with E-state index in [0.717, 1.165) is 31.2 Å². The molecule has 1 aliphatic rings. The van der Waals surface area contributed by atoms with E-state index in [1.807, 2.05) is 51.1 Å². The molecule has 0 unspecified atom stereocenters. The number of anilines is 1. The lowest BCUT2D eigenvalue weighted by molar-refractivity contribution is 0.0486. The maximum atomic E-state index is 12.1. The van der Waals surface area contributed by atoms with Crippen LogP contribution < -0.4 is 15.4 Å². The lowest BCUT2D eigenvalue weighted by Gasteiger charge is -2.34. The SMILES string of the molecule is C[C@H](Nc1cc(C(=O)O)ccc1OCc1ccccc1)C1CCC(NC(=O)OC(C)(C)C)CC1. The number of carbonyl (C=O) groups is 2. The van der Waals surface area contributed by atoms with E-state index in [4.69, 9.17) is 9.47 Å². The Morgan fingerprint density at radius 2 is 1.74 bits per heavy atom. The first-order valence-electron chi connectivity index (χ1n) is 11.9. The largest absolute Gasteiger partial charge is 0.487 e. The van der Waals surface area contributed by atoms with Gasteiger partial charge in [-0.25, -0.2) is 9.59 Å². The van der Waals surface area contributed by atoms with Crippen molar-refractivity contribution >= 4 is 17.7 Å². The average Bonchev–Trinajstić information content (AvgIpc) is 2.78. The van der Waals surface area contributed by atoms with E-state index in [1.165, 1.54) is 0 Å². The molecule has 0 aliphatic heterocycles. The number of alkyl carbamates (subject to hydrolysis) is 1. The van der Waals surface area contributed by atoms with E-state index in [1.54, 1.807) is 18.2 Å². The van der Waals surface area contributed by atoms with Gasteiger partial charge in [-0.3, -0.25) is 0 Å². The maximum absolute atomic E-state index is 12.1. The van der Waals surface area contributed by atoms with Crippen LogP contribution in [0.5, 0.6) is 5.75 Å². The van der Waals surface area contributed by atoms with E-state index >= 15 is 0 Å². The molecule has 3 N–H and O–H groups in total.